The zero-order valence-corrected chi connectivity index (χ0v) is 14.6. The highest BCUT2D eigenvalue weighted by atomic mass is 35.5. The summed E-state index contributed by atoms with van der Waals surface area (Å²) in [4.78, 5) is 17.7. The van der Waals surface area contributed by atoms with Crippen molar-refractivity contribution in [3.05, 3.63) is 41.3 Å². The second kappa shape index (κ2) is 6.22. The minimum Gasteiger partial charge on any atom is -0.367 e. The van der Waals surface area contributed by atoms with Gasteiger partial charge in [0.25, 0.3) is 0 Å². The second-order valence-corrected chi connectivity index (χ2v) is 7.51. The second-order valence-electron chi connectivity index (χ2n) is 5.97. The normalized spacial score (nSPS) is 19.2. The van der Waals surface area contributed by atoms with Gasteiger partial charge in [-0.05, 0) is 18.2 Å². The smallest absolute Gasteiger partial charge is 0.225 e. The summed E-state index contributed by atoms with van der Waals surface area (Å²) in [7, 11) is 0. The largest absolute Gasteiger partial charge is 0.367 e. The highest BCUT2D eigenvalue weighted by Crippen LogP contribution is 2.29. The van der Waals surface area contributed by atoms with E-state index in [9.17, 15) is 0 Å². The van der Waals surface area contributed by atoms with Crippen LogP contribution in [0.4, 0.5) is 11.6 Å². The van der Waals surface area contributed by atoms with Crippen molar-refractivity contribution < 1.29 is 0 Å². The molecule has 0 radical (unpaired) electrons. The third-order valence-corrected chi connectivity index (χ3v) is 4.91. The van der Waals surface area contributed by atoms with Gasteiger partial charge in [0.1, 0.15) is 4.33 Å². The Morgan fingerprint density at radius 2 is 1.62 bits per heavy atom. The van der Waals surface area contributed by atoms with Gasteiger partial charge < -0.3 is 9.80 Å². The van der Waals surface area contributed by atoms with E-state index in [1.54, 1.807) is 12.4 Å². The molecule has 0 aromatic carbocycles. The summed E-state index contributed by atoms with van der Waals surface area (Å²) in [5, 5.41) is 1.98. The molecule has 0 atom stereocenters. The van der Waals surface area contributed by atoms with Crippen molar-refractivity contribution in [2.24, 2.45) is 0 Å². The molecule has 1 saturated heterocycles. The number of piperazine rings is 1. The van der Waals surface area contributed by atoms with Crippen LogP contribution in [0.15, 0.2) is 30.7 Å². The molecule has 1 aliphatic carbocycles. The van der Waals surface area contributed by atoms with E-state index < -0.39 is 4.33 Å². The lowest BCUT2D eigenvalue weighted by atomic mass is 10.1. The van der Waals surface area contributed by atoms with E-state index in [4.69, 9.17) is 23.2 Å². The van der Waals surface area contributed by atoms with Crippen LogP contribution in [0.25, 0.3) is 12.2 Å². The number of alkyl halides is 2. The Hall–Kier alpha value is -1.85. The quantitative estimate of drug-likeness (QED) is 0.755. The Balaban J connectivity index is 1.58. The van der Waals surface area contributed by atoms with Crippen molar-refractivity contribution in [1.82, 2.24) is 15.0 Å². The van der Waals surface area contributed by atoms with E-state index in [-0.39, 0.29) is 0 Å². The summed E-state index contributed by atoms with van der Waals surface area (Å²) < 4.78 is -0.859. The Morgan fingerprint density at radius 3 is 2.38 bits per heavy atom. The Kier molecular flexibility index (Phi) is 4.06. The van der Waals surface area contributed by atoms with E-state index in [2.05, 4.69) is 36.9 Å². The average Bonchev–Trinajstić information content (AvgIpc) is 2.61. The van der Waals surface area contributed by atoms with Crippen LogP contribution in [-0.4, -0.2) is 45.5 Å². The molecule has 1 aliphatic heterocycles. The number of hydrogen-bond acceptors (Lipinski definition) is 5. The van der Waals surface area contributed by atoms with Crippen LogP contribution in [0.1, 0.15) is 6.42 Å². The van der Waals surface area contributed by atoms with Crippen LogP contribution >= 0.6 is 23.2 Å². The first-order valence-corrected chi connectivity index (χ1v) is 8.71. The van der Waals surface area contributed by atoms with Gasteiger partial charge in [0.05, 0.1) is 5.35 Å². The highest BCUT2D eigenvalue weighted by molar-refractivity contribution is 6.52. The molecule has 0 saturated carbocycles. The molecule has 0 spiro atoms. The van der Waals surface area contributed by atoms with Gasteiger partial charge in [0.15, 0.2) is 0 Å². The van der Waals surface area contributed by atoms with Crippen LogP contribution in [0.2, 0.25) is 0 Å². The molecule has 7 heteroatoms. The number of rotatable bonds is 2. The number of fused-ring (bicyclic) bond motifs is 1. The van der Waals surface area contributed by atoms with E-state index in [0.29, 0.717) is 6.42 Å². The minimum absolute atomic E-state index is 0.597. The van der Waals surface area contributed by atoms with Gasteiger partial charge in [-0.1, -0.05) is 29.3 Å². The Bertz CT molecular complexity index is 845. The van der Waals surface area contributed by atoms with E-state index in [1.165, 1.54) is 5.69 Å². The van der Waals surface area contributed by atoms with Gasteiger partial charge in [-0.3, -0.25) is 4.98 Å². The maximum absolute atomic E-state index is 6.23. The van der Waals surface area contributed by atoms with Crippen LogP contribution in [-0.2, 0) is 0 Å². The lowest BCUT2D eigenvalue weighted by Gasteiger charge is -2.36. The first-order chi connectivity index (χ1) is 11.6. The zero-order chi connectivity index (χ0) is 16.6. The molecule has 1 fully saturated rings. The molecule has 2 aromatic rings. The van der Waals surface area contributed by atoms with E-state index in [0.717, 1.165) is 42.7 Å². The predicted octanol–water partition coefficient (Wildman–Crippen LogP) is 1.34. The molecule has 5 nitrogen and oxygen atoms in total. The molecule has 24 heavy (non-hydrogen) atoms. The number of aromatic nitrogens is 3. The van der Waals surface area contributed by atoms with Crippen molar-refractivity contribution in [3.8, 4) is 0 Å². The molecule has 0 unspecified atom stereocenters. The summed E-state index contributed by atoms with van der Waals surface area (Å²) in [5.74, 6) is 0.794. The topological polar surface area (TPSA) is 45.2 Å². The zero-order valence-electron chi connectivity index (χ0n) is 13.1. The number of hydrogen-bond donors (Lipinski definition) is 0. The summed E-state index contributed by atoms with van der Waals surface area (Å²) in [5.41, 5.74) is 1.19. The summed E-state index contributed by atoms with van der Waals surface area (Å²) >= 11 is 12.5. The number of pyridine rings is 1. The van der Waals surface area contributed by atoms with Gasteiger partial charge in [-0.15, -0.1) is 0 Å². The minimum atomic E-state index is -0.859. The lowest BCUT2D eigenvalue weighted by molar-refractivity contribution is 0.638. The number of halogens is 2. The summed E-state index contributed by atoms with van der Waals surface area (Å²) in [6, 6.07) is 3.90. The van der Waals surface area contributed by atoms with Gasteiger partial charge in [-0.2, -0.15) is 0 Å². The third kappa shape index (κ3) is 3.06. The van der Waals surface area contributed by atoms with Crippen molar-refractivity contribution in [3.63, 3.8) is 0 Å². The Labute approximate surface area is 150 Å². The monoisotopic (exact) mass is 361 g/mol. The molecule has 0 N–H and O–H groups in total. The standard InChI is InChI=1S/C17H17Cl2N5/c18-17(19)4-2-13-14(12-17)20-7-3-15(13)23-8-10-24(11-9-23)16-21-5-1-6-22-16/h1-3,5-7,12H,4,8-11H2. The van der Waals surface area contributed by atoms with Gasteiger partial charge >= 0.3 is 0 Å². The molecule has 2 aliphatic rings. The molecule has 0 amide bonds. The molecule has 2 aromatic heterocycles. The first-order valence-electron chi connectivity index (χ1n) is 7.95. The molecular weight excluding hydrogens is 345 g/mol. The van der Waals surface area contributed by atoms with Gasteiger partial charge in [-0.25, -0.2) is 9.97 Å². The molecule has 4 rings (SSSR count). The third-order valence-electron chi connectivity index (χ3n) is 4.38. The SMILES string of the molecule is ClC1(Cl)C=c2nccc(N3CCN(c4ncccn4)CC3)c2=CC1. The van der Waals surface area contributed by atoms with E-state index >= 15 is 0 Å². The van der Waals surface area contributed by atoms with Crippen molar-refractivity contribution in [2.75, 3.05) is 36.0 Å². The van der Waals surface area contributed by atoms with Crippen LogP contribution in [0, 0.1) is 0 Å². The first kappa shape index (κ1) is 15.7. The number of nitrogens with zero attached hydrogens (tertiary/aromatic N) is 5. The maximum Gasteiger partial charge on any atom is 0.225 e. The number of anilines is 2. The predicted molar refractivity (Wildman–Crippen MR) is 97.9 cm³/mol. The van der Waals surface area contributed by atoms with Crippen molar-refractivity contribution in [2.45, 2.75) is 10.8 Å². The fourth-order valence-electron chi connectivity index (χ4n) is 3.18. The van der Waals surface area contributed by atoms with Crippen LogP contribution in [0.3, 0.4) is 0 Å². The van der Waals surface area contributed by atoms with Crippen molar-refractivity contribution in [1.29, 1.82) is 0 Å². The maximum atomic E-state index is 6.23. The molecule has 0 bridgehead atoms. The fourth-order valence-corrected chi connectivity index (χ4v) is 3.54. The van der Waals surface area contributed by atoms with Gasteiger partial charge in [0.2, 0.25) is 5.95 Å². The molecule has 124 valence electrons. The van der Waals surface area contributed by atoms with Crippen LogP contribution < -0.4 is 20.4 Å². The fraction of sp³-hybridized carbons (Fsp3) is 0.353. The molecular formula is C17H17Cl2N5. The van der Waals surface area contributed by atoms with Gasteiger partial charge in [0, 0.05) is 62.1 Å². The summed E-state index contributed by atoms with van der Waals surface area (Å²) in [6.45, 7) is 3.60. The van der Waals surface area contributed by atoms with Crippen molar-refractivity contribution >= 4 is 47.0 Å². The average molecular weight is 362 g/mol. The molecule has 3 heterocycles. The lowest BCUT2D eigenvalue weighted by Crippen LogP contribution is -2.50. The Morgan fingerprint density at radius 1 is 0.917 bits per heavy atom. The highest BCUT2D eigenvalue weighted by Gasteiger charge is 2.24. The van der Waals surface area contributed by atoms with Crippen LogP contribution in [0.5, 0.6) is 0 Å². The van der Waals surface area contributed by atoms with E-state index in [1.807, 2.05) is 18.3 Å². The summed E-state index contributed by atoms with van der Waals surface area (Å²) in [6.07, 6.45) is 9.90.